The van der Waals surface area contributed by atoms with Gasteiger partial charge in [-0.3, -0.25) is 4.79 Å². The van der Waals surface area contributed by atoms with Gasteiger partial charge in [0.15, 0.2) is 11.4 Å². The van der Waals surface area contributed by atoms with Crippen LogP contribution in [0.2, 0.25) is 0 Å². The fraction of sp³-hybridized carbons (Fsp3) is 0.120. The Bertz CT molecular complexity index is 976. The minimum absolute atomic E-state index is 0.142. The van der Waals surface area contributed by atoms with E-state index in [2.05, 4.69) is 0 Å². The zero-order valence-electron chi connectivity index (χ0n) is 16.3. The summed E-state index contributed by atoms with van der Waals surface area (Å²) in [6, 6.07) is 26.0. The Kier molecular flexibility index (Phi) is 5.93. The summed E-state index contributed by atoms with van der Waals surface area (Å²) in [7, 11) is 0. The van der Waals surface area contributed by atoms with Gasteiger partial charge in [0, 0.05) is 5.56 Å². The Hall–Kier alpha value is -3.66. The van der Waals surface area contributed by atoms with E-state index in [9.17, 15) is 14.7 Å². The standard InChI is InChI=1S/C25H22O4/c1-25(2,24(27)28)29-21-15-13-20(14-16-21)23(26)17-22(18-9-5-3-6-10-18)19-11-7-4-8-12-19/h3-17H,1-2H3,(H,27,28). The second kappa shape index (κ2) is 8.57. The van der Waals surface area contributed by atoms with Crippen LogP contribution >= 0.6 is 0 Å². The molecule has 1 N–H and O–H groups in total. The predicted molar refractivity (Wildman–Crippen MR) is 113 cm³/mol. The van der Waals surface area contributed by atoms with E-state index >= 15 is 0 Å². The SMILES string of the molecule is CC(C)(Oc1ccc(C(=O)C=C(c2ccccc2)c2ccccc2)cc1)C(=O)O. The van der Waals surface area contributed by atoms with Crippen LogP contribution in [0.1, 0.15) is 35.3 Å². The molecule has 0 saturated heterocycles. The highest BCUT2D eigenvalue weighted by Crippen LogP contribution is 2.25. The molecule has 0 unspecified atom stereocenters. The Balaban J connectivity index is 1.89. The van der Waals surface area contributed by atoms with Crippen molar-refractivity contribution in [2.24, 2.45) is 0 Å². The van der Waals surface area contributed by atoms with Crippen LogP contribution < -0.4 is 4.74 Å². The molecule has 3 rings (SSSR count). The number of hydrogen-bond acceptors (Lipinski definition) is 3. The van der Waals surface area contributed by atoms with Gasteiger partial charge in [-0.05, 0) is 60.9 Å². The number of carboxylic acid groups (broad SMARTS) is 1. The molecule has 0 bridgehead atoms. The van der Waals surface area contributed by atoms with Gasteiger partial charge < -0.3 is 9.84 Å². The maximum absolute atomic E-state index is 12.9. The maximum atomic E-state index is 12.9. The highest BCUT2D eigenvalue weighted by molar-refractivity contribution is 6.10. The Morgan fingerprint density at radius 2 is 1.24 bits per heavy atom. The smallest absolute Gasteiger partial charge is 0.347 e. The fourth-order valence-corrected chi connectivity index (χ4v) is 2.81. The predicted octanol–water partition coefficient (Wildman–Crippen LogP) is 5.24. The molecule has 0 atom stereocenters. The van der Waals surface area contributed by atoms with Crippen LogP contribution in [0, 0.1) is 0 Å². The lowest BCUT2D eigenvalue weighted by Crippen LogP contribution is -2.37. The van der Waals surface area contributed by atoms with E-state index in [0.29, 0.717) is 11.3 Å². The summed E-state index contributed by atoms with van der Waals surface area (Å²) in [5, 5.41) is 9.17. The van der Waals surface area contributed by atoms with Crippen molar-refractivity contribution in [3.8, 4) is 5.75 Å². The van der Waals surface area contributed by atoms with Crippen LogP contribution in [0.15, 0.2) is 91.0 Å². The highest BCUT2D eigenvalue weighted by Gasteiger charge is 2.29. The number of allylic oxidation sites excluding steroid dienone is 1. The average Bonchev–Trinajstić information content (AvgIpc) is 2.73. The van der Waals surface area contributed by atoms with Gasteiger partial charge in [-0.25, -0.2) is 4.79 Å². The number of hydrogen-bond donors (Lipinski definition) is 1. The van der Waals surface area contributed by atoms with Crippen molar-refractivity contribution >= 4 is 17.3 Å². The number of carbonyl (C=O) groups excluding carboxylic acids is 1. The van der Waals surface area contributed by atoms with Crippen LogP contribution in [0.3, 0.4) is 0 Å². The van der Waals surface area contributed by atoms with Crippen LogP contribution in [0.25, 0.3) is 5.57 Å². The zero-order valence-corrected chi connectivity index (χ0v) is 16.3. The molecule has 0 saturated carbocycles. The zero-order chi connectivity index (χ0) is 20.9. The quantitative estimate of drug-likeness (QED) is 0.445. The van der Waals surface area contributed by atoms with Crippen molar-refractivity contribution in [2.45, 2.75) is 19.4 Å². The average molecular weight is 386 g/mol. The molecule has 0 aliphatic rings. The van der Waals surface area contributed by atoms with E-state index in [0.717, 1.165) is 16.7 Å². The van der Waals surface area contributed by atoms with Crippen LogP contribution in [0.5, 0.6) is 5.75 Å². The third kappa shape index (κ3) is 4.99. The summed E-state index contributed by atoms with van der Waals surface area (Å²) < 4.78 is 5.49. The van der Waals surface area contributed by atoms with E-state index in [1.54, 1.807) is 30.3 Å². The van der Waals surface area contributed by atoms with Crippen molar-refractivity contribution < 1.29 is 19.4 Å². The summed E-state index contributed by atoms with van der Waals surface area (Å²) in [6.45, 7) is 2.95. The van der Waals surface area contributed by atoms with E-state index in [-0.39, 0.29) is 5.78 Å². The van der Waals surface area contributed by atoms with Gasteiger partial charge in [-0.2, -0.15) is 0 Å². The fourth-order valence-electron chi connectivity index (χ4n) is 2.81. The molecule has 146 valence electrons. The summed E-state index contributed by atoms with van der Waals surface area (Å²) in [5.41, 5.74) is 1.89. The second-order valence-electron chi connectivity index (χ2n) is 7.10. The first-order chi connectivity index (χ1) is 13.9. The lowest BCUT2D eigenvalue weighted by Gasteiger charge is -2.21. The molecule has 0 fully saturated rings. The third-order valence-corrected chi connectivity index (χ3v) is 4.47. The third-order valence-electron chi connectivity index (χ3n) is 4.47. The topological polar surface area (TPSA) is 63.6 Å². The number of aliphatic carboxylic acids is 1. The van der Waals surface area contributed by atoms with Crippen molar-refractivity contribution in [3.63, 3.8) is 0 Å². The first kappa shape index (κ1) is 20.1. The van der Waals surface area contributed by atoms with Crippen molar-refractivity contribution in [3.05, 3.63) is 108 Å². The van der Waals surface area contributed by atoms with Gasteiger partial charge in [0.2, 0.25) is 0 Å². The molecular weight excluding hydrogens is 364 g/mol. The van der Waals surface area contributed by atoms with E-state index in [4.69, 9.17) is 4.74 Å². The molecule has 3 aromatic carbocycles. The monoisotopic (exact) mass is 386 g/mol. The molecule has 0 aromatic heterocycles. The van der Waals surface area contributed by atoms with Gasteiger partial charge in [0.25, 0.3) is 0 Å². The van der Waals surface area contributed by atoms with Crippen LogP contribution in [-0.2, 0) is 4.79 Å². The minimum atomic E-state index is -1.35. The van der Waals surface area contributed by atoms with Crippen molar-refractivity contribution in [1.29, 1.82) is 0 Å². The number of rotatable bonds is 7. The molecule has 4 heteroatoms. The largest absolute Gasteiger partial charge is 0.478 e. The lowest BCUT2D eigenvalue weighted by molar-refractivity contribution is -0.152. The van der Waals surface area contributed by atoms with E-state index in [1.165, 1.54) is 13.8 Å². The highest BCUT2D eigenvalue weighted by atomic mass is 16.5. The van der Waals surface area contributed by atoms with Gasteiger partial charge in [-0.1, -0.05) is 60.7 Å². The van der Waals surface area contributed by atoms with Gasteiger partial charge >= 0.3 is 5.97 Å². The normalized spacial score (nSPS) is 10.8. The number of benzene rings is 3. The molecule has 3 aromatic rings. The maximum Gasteiger partial charge on any atom is 0.347 e. The molecule has 0 amide bonds. The lowest BCUT2D eigenvalue weighted by atomic mass is 9.95. The molecule has 0 radical (unpaired) electrons. The molecule has 4 nitrogen and oxygen atoms in total. The van der Waals surface area contributed by atoms with E-state index < -0.39 is 11.6 Å². The molecule has 0 heterocycles. The van der Waals surface area contributed by atoms with Crippen molar-refractivity contribution in [2.75, 3.05) is 0 Å². The number of ketones is 1. The van der Waals surface area contributed by atoms with Crippen LogP contribution in [0.4, 0.5) is 0 Å². The Morgan fingerprint density at radius 1 is 0.759 bits per heavy atom. The van der Waals surface area contributed by atoms with Crippen molar-refractivity contribution in [1.82, 2.24) is 0 Å². The first-order valence-corrected chi connectivity index (χ1v) is 9.26. The van der Waals surface area contributed by atoms with E-state index in [1.807, 2.05) is 60.7 Å². The molecule has 0 aliphatic heterocycles. The minimum Gasteiger partial charge on any atom is -0.478 e. The summed E-state index contributed by atoms with van der Waals surface area (Å²) >= 11 is 0. The van der Waals surface area contributed by atoms with Crippen LogP contribution in [-0.4, -0.2) is 22.5 Å². The molecule has 29 heavy (non-hydrogen) atoms. The molecular formula is C25H22O4. The Morgan fingerprint density at radius 3 is 1.69 bits per heavy atom. The van der Waals surface area contributed by atoms with Gasteiger partial charge in [0.05, 0.1) is 0 Å². The molecule has 0 aliphatic carbocycles. The molecule has 0 spiro atoms. The number of carboxylic acids is 1. The summed E-state index contributed by atoms with van der Waals surface area (Å²) in [6.07, 6.45) is 1.63. The van der Waals surface area contributed by atoms with Gasteiger partial charge in [-0.15, -0.1) is 0 Å². The number of ether oxygens (including phenoxy) is 1. The van der Waals surface area contributed by atoms with Gasteiger partial charge in [0.1, 0.15) is 5.75 Å². The Labute approximate surface area is 170 Å². The second-order valence-corrected chi connectivity index (χ2v) is 7.10. The number of carbonyl (C=O) groups is 2. The first-order valence-electron chi connectivity index (χ1n) is 9.26. The summed E-state index contributed by atoms with van der Waals surface area (Å²) in [5.74, 6) is -0.808. The summed E-state index contributed by atoms with van der Waals surface area (Å²) in [4.78, 5) is 24.1.